The summed E-state index contributed by atoms with van der Waals surface area (Å²) < 4.78 is 21.6. The summed E-state index contributed by atoms with van der Waals surface area (Å²) in [6, 6.07) is 3.79. The second-order valence-corrected chi connectivity index (χ2v) is 4.78. The monoisotopic (exact) mass is 281 g/mol. The van der Waals surface area contributed by atoms with Gasteiger partial charge in [-0.05, 0) is 18.9 Å². The third-order valence-corrected chi connectivity index (χ3v) is 3.50. The Bertz CT molecular complexity index is 430. The molecule has 20 heavy (non-hydrogen) atoms. The van der Waals surface area contributed by atoms with Gasteiger partial charge in [-0.3, -0.25) is 0 Å². The highest BCUT2D eigenvalue weighted by molar-refractivity contribution is 5.50. The van der Waals surface area contributed by atoms with Crippen LogP contribution < -0.4 is 19.5 Å². The van der Waals surface area contributed by atoms with Crippen molar-refractivity contribution in [3.8, 4) is 17.2 Å². The van der Waals surface area contributed by atoms with Crippen molar-refractivity contribution in [2.24, 2.45) is 0 Å². The first kappa shape index (κ1) is 14.9. The first-order valence-corrected chi connectivity index (χ1v) is 6.89. The number of benzene rings is 1. The fraction of sp³-hybridized carbons (Fsp3) is 0.600. The van der Waals surface area contributed by atoms with Crippen molar-refractivity contribution in [3.05, 3.63) is 17.7 Å². The van der Waals surface area contributed by atoms with Crippen molar-refractivity contribution >= 4 is 0 Å². The largest absolute Gasteiger partial charge is 0.496 e. The topological polar surface area (TPSA) is 49.0 Å². The van der Waals surface area contributed by atoms with E-state index in [0.717, 1.165) is 37.3 Å². The van der Waals surface area contributed by atoms with Crippen LogP contribution in [0.1, 0.15) is 18.4 Å². The van der Waals surface area contributed by atoms with E-state index in [9.17, 15) is 0 Å². The molecular formula is C15H23NO4. The summed E-state index contributed by atoms with van der Waals surface area (Å²) in [4.78, 5) is 0. The molecular weight excluding hydrogens is 258 g/mol. The van der Waals surface area contributed by atoms with Gasteiger partial charge in [0, 0.05) is 31.3 Å². The maximum absolute atomic E-state index is 5.59. The number of methoxy groups -OCH3 is 3. The molecule has 0 aromatic heterocycles. The Morgan fingerprint density at radius 3 is 2.40 bits per heavy atom. The molecule has 1 aliphatic heterocycles. The highest BCUT2D eigenvalue weighted by atomic mass is 16.5. The van der Waals surface area contributed by atoms with E-state index in [0.29, 0.717) is 24.1 Å². The summed E-state index contributed by atoms with van der Waals surface area (Å²) in [5.74, 6) is 2.18. The Labute approximate surface area is 120 Å². The lowest BCUT2D eigenvalue weighted by atomic mass is 10.1. The maximum Gasteiger partial charge on any atom is 0.164 e. The summed E-state index contributed by atoms with van der Waals surface area (Å²) in [5, 5.41) is 3.41. The van der Waals surface area contributed by atoms with Gasteiger partial charge in [-0.25, -0.2) is 0 Å². The minimum Gasteiger partial charge on any atom is -0.496 e. The molecule has 1 saturated heterocycles. The fourth-order valence-corrected chi connectivity index (χ4v) is 2.40. The van der Waals surface area contributed by atoms with Crippen molar-refractivity contribution in [2.45, 2.75) is 25.5 Å². The maximum atomic E-state index is 5.59. The van der Waals surface area contributed by atoms with E-state index in [2.05, 4.69) is 5.32 Å². The van der Waals surface area contributed by atoms with Crippen molar-refractivity contribution < 1.29 is 18.9 Å². The van der Waals surface area contributed by atoms with Gasteiger partial charge in [0.25, 0.3) is 0 Å². The van der Waals surface area contributed by atoms with Gasteiger partial charge in [0.15, 0.2) is 11.5 Å². The van der Waals surface area contributed by atoms with Crippen LogP contribution in [0.4, 0.5) is 0 Å². The molecule has 1 N–H and O–H groups in total. The smallest absolute Gasteiger partial charge is 0.164 e. The van der Waals surface area contributed by atoms with E-state index < -0.39 is 0 Å². The van der Waals surface area contributed by atoms with Gasteiger partial charge < -0.3 is 24.3 Å². The number of hydrogen-bond acceptors (Lipinski definition) is 5. The number of nitrogens with one attached hydrogen (secondary N) is 1. The van der Waals surface area contributed by atoms with Crippen LogP contribution in [0, 0.1) is 0 Å². The SMILES string of the molecule is COc1cc(OC)c(OC)cc1CNC[C@@H]1CCCO1. The van der Waals surface area contributed by atoms with Crippen molar-refractivity contribution in [1.82, 2.24) is 5.32 Å². The van der Waals surface area contributed by atoms with Crippen LogP contribution in [-0.2, 0) is 11.3 Å². The van der Waals surface area contributed by atoms with Gasteiger partial charge in [-0.15, -0.1) is 0 Å². The molecule has 1 aromatic carbocycles. The molecule has 0 bridgehead atoms. The molecule has 2 rings (SSSR count). The molecule has 0 amide bonds. The molecule has 0 unspecified atom stereocenters. The summed E-state index contributed by atoms with van der Waals surface area (Å²) >= 11 is 0. The van der Waals surface area contributed by atoms with E-state index in [1.54, 1.807) is 21.3 Å². The Balaban J connectivity index is 2.01. The molecule has 1 atom stereocenters. The summed E-state index contributed by atoms with van der Waals surface area (Å²) in [6.45, 7) is 2.45. The Morgan fingerprint density at radius 2 is 1.80 bits per heavy atom. The van der Waals surface area contributed by atoms with Gasteiger partial charge in [-0.1, -0.05) is 0 Å². The molecule has 0 aliphatic carbocycles. The van der Waals surface area contributed by atoms with Gasteiger partial charge in [0.05, 0.1) is 27.4 Å². The van der Waals surface area contributed by atoms with Gasteiger partial charge in [0.1, 0.15) is 5.75 Å². The molecule has 1 fully saturated rings. The first-order chi connectivity index (χ1) is 9.78. The second-order valence-electron chi connectivity index (χ2n) is 4.78. The van der Waals surface area contributed by atoms with Crippen LogP contribution in [0.5, 0.6) is 17.2 Å². The zero-order valence-corrected chi connectivity index (χ0v) is 12.4. The molecule has 1 heterocycles. The highest BCUT2D eigenvalue weighted by Gasteiger charge is 2.16. The Morgan fingerprint density at radius 1 is 1.10 bits per heavy atom. The minimum absolute atomic E-state index is 0.334. The Hall–Kier alpha value is -1.46. The molecule has 5 heteroatoms. The van der Waals surface area contributed by atoms with E-state index >= 15 is 0 Å². The average molecular weight is 281 g/mol. The minimum atomic E-state index is 0.334. The van der Waals surface area contributed by atoms with Crippen LogP contribution in [0.3, 0.4) is 0 Å². The Kier molecular flexibility index (Phi) is 5.49. The molecule has 0 saturated carbocycles. The fourth-order valence-electron chi connectivity index (χ4n) is 2.40. The molecule has 1 aliphatic rings. The van der Waals surface area contributed by atoms with Crippen molar-refractivity contribution in [3.63, 3.8) is 0 Å². The predicted octanol–water partition coefficient (Wildman–Crippen LogP) is 1.98. The quantitative estimate of drug-likeness (QED) is 0.828. The molecule has 112 valence electrons. The zero-order chi connectivity index (χ0) is 14.4. The molecule has 0 radical (unpaired) electrons. The van der Waals surface area contributed by atoms with Crippen LogP contribution >= 0.6 is 0 Å². The average Bonchev–Trinajstić information content (AvgIpc) is 2.99. The standard InChI is InChI=1S/C15H23NO4/c1-17-13-8-15(19-3)14(18-2)7-11(13)9-16-10-12-5-4-6-20-12/h7-8,12,16H,4-6,9-10H2,1-3H3/t12-/m0/s1. The van der Waals surface area contributed by atoms with Crippen LogP contribution in [0.15, 0.2) is 12.1 Å². The summed E-state index contributed by atoms with van der Waals surface area (Å²) in [5.41, 5.74) is 1.04. The van der Waals surface area contributed by atoms with Crippen molar-refractivity contribution in [1.29, 1.82) is 0 Å². The van der Waals surface area contributed by atoms with E-state index in [-0.39, 0.29) is 0 Å². The highest BCUT2D eigenvalue weighted by Crippen LogP contribution is 2.34. The third-order valence-electron chi connectivity index (χ3n) is 3.50. The number of ether oxygens (including phenoxy) is 4. The molecule has 0 spiro atoms. The van der Waals surface area contributed by atoms with E-state index in [1.165, 1.54) is 0 Å². The van der Waals surface area contributed by atoms with Gasteiger partial charge in [0.2, 0.25) is 0 Å². The lowest BCUT2D eigenvalue weighted by molar-refractivity contribution is 0.110. The second kappa shape index (κ2) is 7.36. The first-order valence-electron chi connectivity index (χ1n) is 6.89. The molecule has 1 aromatic rings. The summed E-state index contributed by atoms with van der Waals surface area (Å²) in [6.07, 6.45) is 2.63. The van der Waals surface area contributed by atoms with Gasteiger partial charge >= 0.3 is 0 Å². The van der Waals surface area contributed by atoms with E-state index in [1.807, 2.05) is 12.1 Å². The molecule has 5 nitrogen and oxygen atoms in total. The lowest BCUT2D eigenvalue weighted by Crippen LogP contribution is -2.26. The predicted molar refractivity (Wildman–Crippen MR) is 76.8 cm³/mol. The van der Waals surface area contributed by atoms with E-state index in [4.69, 9.17) is 18.9 Å². The number of hydrogen-bond donors (Lipinski definition) is 1. The summed E-state index contributed by atoms with van der Waals surface area (Å²) in [7, 11) is 4.91. The third kappa shape index (κ3) is 3.55. The zero-order valence-electron chi connectivity index (χ0n) is 12.4. The van der Waals surface area contributed by atoms with Crippen LogP contribution in [0.2, 0.25) is 0 Å². The normalized spacial score (nSPS) is 18.1. The lowest BCUT2D eigenvalue weighted by Gasteiger charge is -2.15. The van der Waals surface area contributed by atoms with Gasteiger partial charge in [-0.2, -0.15) is 0 Å². The van der Waals surface area contributed by atoms with Crippen molar-refractivity contribution in [2.75, 3.05) is 34.5 Å². The van der Waals surface area contributed by atoms with Crippen LogP contribution in [0.25, 0.3) is 0 Å². The van der Waals surface area contributed by atoms with Crippen LogP contribution in [-0.4, -0.2) is 40.6 Å². The number of rotatable bonds is 7.